The van der Waals surface area contributed by atoms with Crippen LogP contribution in [-0.4, -0.2) is 19.4 Å². The third kappa shape index (κ3) is 5.28. The van der Waals surface area contributed by atoms with Crippen LogP contribution in [0, 0.1) is 0 Å². The summed E-state index contributed by atoms with van der Waals surface area (Å²) in [5, 5.41) is -0.491. The summed E-state index contributed by atoms with van der Waals surface area (Å²) in [5.74, 6) is 0.0185. The molecule has 0 N–H and O–H groups in total. The van der Waals surface area contributed by atoms with Gasteiger partial charge in [0.25, 0.3) is 0 Å². The summed E-state index contributed by atoms with van der Waals surface area (Å²) in [7, 11) is -3.14. The quantitative estimate of drug-likeness (QED) is 0.737. The van der Waals surface area contributed by atoms with Crippen LogP contribution in [0.4, 0.5) is 0 Å². The zero-order valence-electron chi connectivity index (χ0n) is 8.73. The Morgan fingerprint density at radius 3 is 2.38 bits per heavy atom. The fraction of sp³-hybridized carbons (Fsp3) is 0.364. The van der Waals surface area contributed by atoms with Crippen LogP contribution in [0.2, 0.25) is 0 Å². The van der Waals surface area contributed by atoms with E-state index in [-0.39, 0.29) is 24.3 Å². The van der Waals surface area contributed by atoms with Crippen LogP contribution in [0.5, 0.6) is 0 Å². The van der Waals surface area contributed by atoms with Crippen LogP contribution >= 0.6 is 11.6 Å². The van der Waals surface area contributed by atoms with Crippen molar-refractivity contribution in [1.29, 1.82) is 0 Å². The normalized spacial score (nSPS) is 11.3. The molecule has 5 heteroatoms. The van der Waals surface area contributed by atoms with E-state index in [2.05, 4.69) is 0 Å². The molecule has 16 heavy (non-hydrogen) atoms. The van der Waals surface area contributed by atoms with Gasteiger partial charge in [0.2, 0.25) is 5.24 Å². The summed E-state index contributed by atoms with van der Waals surface area (Å²) in [5.41, 5.74) is 0.764. The van der Waals surface area contributed by atoms with Crippen molar-refractivity contribution in [3.05, 3.63) is 35.9 Å². The first-order valence-electron chi connectivity index (χ1n) is 4.92. The number of carbonyl (C=O) groups is 1. The fourth-order valence-corrected chi connectivity index (χ4v) is 2.89. The van der Waals surface area contributed by atoms with Gasteiger partial charge in [0.1, 0.15) is 0 Å². The van der Waals surface area contributed by atoms with Crippen molar-refractivity contribution >= 4 is 26.7 Å². The Labute approximate surface area is 100 Å². The summed E-state index contributed by atoms with van der Waals surface area (Å²) >= 11 is 5.13. The molecule has 0 saturated carbocycles. The molecule has 1 aromatic carbocycles. The molecule has 0 bridgehead atoms. The molecule has 3 nitrogen and oxygen atoms in total. The molecule has 0 aliphatic carbocycles. The Hall–Kier alpha value is -0.870. The van der Waals surface area contributed by atoms with Gasteiger partial charge < -0.3 is 0 Å². The summed E-state index contributed by atoms with van der Waals surface area (Å²) in [4.78, 5) is 10.5. The number of sulfone groups is 1. The number of halogens is 1. The maximum Gasteiger partial charge on any atom is 0.221 e. The molecule has 0 amide bonds. The Bertz CT molecular complexity index is 440. The minimum atomic E-state index is -3.14. The predicted octanol–water partition coefficient (Wildman–Crippen LogP) is 2.15. The molecule has 0 aromatic heterocycles. The lowest BCUT2D eigenvalue weighted by Gasteiger charge is -2.03. The number of benzene rings is 1. The third-order valence-electron chi connectivity index (χ3n) is 2.06. The van der Waals surface area contributed by atoms with E-state index in [1.54, 1.807) is 24.3 Å². The highest BCUT2D eigenvalue weighted by Crippen LogP contribution is 2.08. The highest BCUT2D eigenvalue weighted by atomic mass is 35.5. The van der Waals surface area contributed by atoms with E-state index in [4.69, 9.17) is 11.6 Å². The summed E-state index contributed by atoms with van der Waals surface area (Å²) in [6.07, 6.45) is 0.396. The number of rotatable bonds is 6. The van der Waals surface area contributed by atoms with Crippen molar-refractivity contribution < 1.29 is 13.2 Å². The van der Waals surface area contributed by atoms with Crippen molar-refractivity contribution in [3.63, 3.8) is 0 Å². The summed E-state index contributed by atoms with van der Waals surface area (Å²) in [6, 6.07) is 8.97. The molecular weight excluding hydrogens is 248 g/mol. The minimum absolute atomic E-state index is 0.000351. The molecule has 1 aromatic rings. The van der Waals surface area contributed by atoms with Gasteiger partial charge in [-0.1, -0.05) is 30.3 Å². The Balaban J connectivity index is 2.49. The van der Waals surface area contributed by atoms with Gasteiger partial charge >= 0.3 is 0 Å². The number of hydrogen-bond acceptors (Lipinski definition) is 3. The molecule has 0 saturated heterocycles. The lowest BCUT2D eigenvalue weighted by Crippen LogP contribution is -2.10. The molecule has 0 heterocycles. The molecule has 1 rings (SSSR count). The molecule has 0 unspecified atom stereocenters. The van der Waals surface area contributed by atoms with E-state index in [9.17, 15) is 13.2 Å². The maximum absolute atomic E-state index is 11.6. The van der Waals surface area contributed by atoms with E-state index in [0.29, 0.717) is 0 Å². The van der Waals surface area contributed by atoms with Crippen molar-refractivity contribution in [2.75, 3.05) is 5.75 Å². The topological polar surface area (TPSA) is 51.2 Å². The van der Waals surface area contributed by atoms with Crippen LogP contribution in [0.3, 0.4) is 0 Å². The van der Waals surface area contributed by atoms with Crippen molar-refractivity contribution in [3.8, 4) is 0 Å². The second-order valence-electron chi connectivity index (χ2n) is 3.54. The molecule has 0 spiro atoms. The molecule has 88 valence electrons. The molecular formula is C11H13ClO3S. The highest BCUT2D eigenvalue weighted by Gasteiger charge is 2.12. The van der Waals surface area contributed by atoms with Gasteiger partial charge in [-0.15, -0.1) is 0 Å². The Morgan fingerprint density at radius 1 is 1.19 bits per heavy atom. The zero-order chi connectivity index (χ0) is 12.0. The number of hydrogen-bond donors (Lipinski definition) is 0. The van der Waals surface area contributed by atoms with E-state index in [1.807, 2.05) is 6.07 Å². The largest absolute Gasteiger partial charge is 0.281 e. The van der Waals surface area contributed by atoms with Gasteiger partial charge in [-0.3, -0.25) is 4.79 Å². The van der Waals surface area contributed by atoms with Gasteiger partial charge in [-0.05, 0) is 23.6 Å². The lowest BCUT2D eigenvalue weighted by atomic mass is 10.2. The van der Waals surface area contributed by atoms with Crippen molar-refractivity contribution in [1.82, 2.24) is 0 Å². The van der Waals surface area contributed by atoms with Crippen LogP contribution in [0.15, 0.2) is 30.3 Å². The third-order valence-corrected chi connectivity index (χ3v) is 3.93. The standard InChI is InChI=1S/C11H13ClO3S/c12-11(13)7-4-8-16(14,15)9-10-5-2-1-3-6-10/h1-3,5-6H,4,7-9H2. The van der Waals surface area contributed by atoms with E-state index in [0.717, 1.165) is 5.56 Å². The Kier molecular flexibility index (Phi) is 4.96. The van der Waals surface area contributed by atoms with Crippen molar-refractivity contribution in [2.24, 2.45) is 0 Å². The lowest BCUT2D eigenvalue weighted by molar-refractivity contribution is -0.111. The average molecular weight is 261 g/mol. The van der Waals surface area contributed by atoms with Crippen molar-refractivity contribution in [2.45, 2.75) is 18.6 Å². The van der Waals surface area contributed by atoms with Gasteiger partial charge in [0.15, 0.2) is 9.84 Å². The smallest absolute Gasteiger partial charge is 0.221 e. The summed E-state index contributed by atoms with van der Waals surface area (Å²) < 4.78 is 23.3. The predicted molar refractivity (Wildman–Crippen MR) is 64.0 cm³/mol. The highest BCUT2D eigenvalue weighted by molar-refractivity contribution is 7.90. The fourth-order valence-electron chi connectivity index (χ4n) is 1.33. The Morgan fingerprint density at radius 2 is 1.81 bits per heavy atom. The van der Waals surface area contributed by atoms with Crippen LogP contribution in [-0.2, 0) is 20.4 Å². The van der Waals surface area contributed by atoms with Crippen LogP contribution < -0.4 is 0 Å². The first kappa shape index (κ1) is 13.2. The SMILES string of the molecule is O=C(Cl)CCCS(=O)(=O)Cc1ccccc1. The van der Waals surface area contributed by atoms with E-state index < -0.39 is 15.1 Å². The van der Waals surface area contributed by atoms with Gasteiger partial charge in [-0.2, -0.15) is 0 Å². The monoisotopic (exact) mass is 260 g/mol. The average Bonchev–Trinajstić information content (AvgIpc) is 2.17. The zero-order valence-corrected chi connectivity index (χ0v) is 10.3. The minimum Gasteiger partial charge on any atom is -0.281 e. The van der Waals surface area contributed by atoms with Gasteiger partial charge in [-0.25, -0.2) is 8.42 Å². The molecule has 0 fully saturated rings. The second kappa shape index (κ2) is 6.01. The molecule has 0 aliphatic rings. The first-order chi connectivity index (χ1) is 7.49. The van der Waals surface area contributed by atoms with Gasteiger partial charge in [0.05, 0.1) is 11.5 Å². The van der Waals surface area contributed by atoms with Gasteiger partial charge in [0, 0.05) is 6.42 Å². The van der Waals surface area contributed by atoms with E-state index in [1.165, 1.54) is 0 Å². The molecule has 0 aliphatic heterocycles. The maximum atomic E-state index is 11.6. The number of carbonyl (C=O) groups excluding carboxylic acids is 1. The second-order valence-corrected chi connectivity index (χ2v) is 6.14. The molecule has 0 atom stereocenters. The van der Waals surface area contributed by atoms with E-state index >= 15 is 0 Å². The van der Waals surface area contributed by atoms with Crippen LogP contribution in [0.1, 0.15) is 18.4 Å². The summed E-state index contributed by atoms with van der Waals surface area (Å²) in [6.45, 7) is 0. The molecule has 0 radical (unpaired) electrons. The van der Waals surface area contributed by atoms with Crippen LogP contribution in [0.25, 0.3) is 0 Å². The first-order valence-corrected chi connectivity index (χ1v) is 7.12.